The van der Waals surface area contributed by atoms with E-state index in [-0.39, 0.29) is 16.1 Å². The van der Waals surface area contributed by atoms with E-state index in [2.05, 4.69) is 4.98 Å². The Bertz CT molecular complexity index is 655. The number of aromatic amines is 1. The van der Waals surface area contributed by atoms with Crippen LogP contribution < -0.4 is 11.1 Å². The van der Waals surface area contributed by atoms with E-state index >= 15 is 0 Å². The number of fused-ring (bicyclic) bond motifs is 1. The summed E-state index contributed by atoms with van der Waals surface area (Å²) < 4.78 is 1.42. The van der Waals surface area contributed by atoms with Gasteiger partial charge in [0.15, 0.2) is 0 Å². The molecule has 0 saturated carbocycles. The maximum Gasteiger partial charge on any atom is 0.258 e. The summed E-state index contributed by atoms with van der Waals surface area (Å²) in [6, 6.07) is 1.66. The Morgan fingerprint density at radius 3 is 2.73 bits per heavy atom. The molecule has 0 spiro atoms. The van der Waals surface area contributed by atoms with Crippen LogP contribution in [0.1, 0.15) is 5.56 Å². The molecule has 0 saturated heterocycles. The van der Waals surface area contributed by atoms with Crippen molar-refractivity contribution in [1.82, 2.24) is 9.55 Å². The summed E-state index contributed by atoms with van der Waals surface area (Å²) in [5, 5.41) is 0.591. The molecule has 0 radical (unpaired) electrons. The van der Waals surface area contributed by atoms with Gasteiger partial charge in [0.05, 0.1) is 15.9 Å². The van der Waals surface area contributed by atoms with E-state index in [1.807, 2.05) is 0 Å². The zero-order valence-corrected chi connectivity index (χ0v) is 9.05. The van der Waals surface area contributed by atoms with Gasteiger partial charge in [-0.2, -0.15) is 0 Å². The highest BCUT2D eigenvalue weighted by atomic mass is 35.5. The highest BCUT2D eigenvalue weighted by molar-refractivity contribution is 6.35. The Balaban J connectivity index is 3.23. The van der Waals surface area contributed by atoms with Gasteiger partial charge in [0, 0.05) is 18.8 Å². The van der Waals surface area contributed by atoms with Crippen LogP contribution >= 0.6 is 11.6 Å². The van der Waals surface area contributed by atoms with Crippen LogP contribution in [-0.4, -0.2) is 9.55 Å². The van der Waals surface area contributed by atoms with Crippen LogP contribution in [0.15, 0.2) is 21.9 Å². The number of hydrogen-bond acceptors (Lipinski definition) is 2. The molecule has 78 valence electrons. The Labute approximate surface area is 90.1 Å². The first-order valence-corrected chi connectivity index (χ1v) is 4.78. The van der Waals surface area contributed by atoms with Crippen molar-refractivity contribution in [3.05, 3.63) is 43.6 Å². The first kappa shape index (κ1) is 9.98. The average Bonchev–Trinajstić information content (AvgIpc) is 2.23. The highest BCUT2D eigenvalue weighted by Crippen LogP contribution is 2.19. The number of halogens is 1. The lowest BCUT2D eigenvalue weighted by atomic mass is 10.2. The monoisotopic (exact) mass is 224 g/mol. The van der Waals surface area contributed by atoms with E-state index in [1.165, 1.54) is 10.8 Å². The lowest BCUT2D eigenvalue weighted by molar-refractivity contribution is 0.891. The second kappa shape index (κ2) is 3.24. The smallest absolute Gasteiger partial charge is 0.258 e. The molecule has 0 aromatic carbocycles. The van der Waals surface area contributed by atoms with Crippen molar-refractivity contribution >= 4 is 22.5 Å². The van der Waals surface area contributed by atoms with Crippen LogP contribution in [0.2, 0.25) is 5.02 Å². The molecule has 5 heteroatoms. The van der Waals surface area contributed by atoms with Crippen LogP contribution in [0.25, 0.3) is 10.9 Å². The third-order valence-corrected chi connectivity index (χ3v) is 2.95. The summed E-state index contributed by atoms with van der Waals surface area (Å²) in [5.41, 5.74) is 0.469. The number of pyridine rings is 2. The Hall–Kier alpha value is -1.55. The Kier molecular flexibility index (Phi) is 2.16. The van der Waals surface area contributed by atoms with E-state index in [9.17, 15) is 9.59 Å². The fourth-order valence-electron chi connectivity index (χ4n) is 1.60. The third kappa shape index (κ3) is 1.29. The van der Waals surface area contributed by atoms with E-state index < -0.39 is 0 Å². The summed E-state index contributed by atoms with van der Waals surface area (Å²) >= 11 is 5.98. The van der Waals surface area contributed by atoms with Crippen LogP contribution in [0, 0.1) is 6.92 Å². The fraction of sp³-hybridized carbons (Fsp3) is 0.200. The summed E-state index contributed by atoms with van der Waals surface area (Å²) in [6.07, 6.45) is 1.50. The molecule has 2 aromatic rings. The van der Waals surface area contributed by atoms with E-state index in [1.54, 1.807) is 20.0 Å². The van der Waals surface area contributed by atoms with Crippen LogP contribution in [0.5, 0.6) is 0 Å². The van der Waals surface area contributed by atoms with Gasteiger partial charge in [0.1, 0.15) is 0 Å². The molecule has 0 aliphatic carbocycles. The van der Waals surface area contributed by atoms with E-state index in [0.29, 0.717) is 16.5 Å². The number of rotatable bonds is 0. The molecule has 0 atom stereocenters. The topological polar surface area (TPSA) is 54.9 Å². The van der Waals surface area contributed by atoms with Gasteiger partial charge in [-0.25, -0.2) is 0 Å². The van der Waals surface area contributed by atoms with Crippen molar-refractivity contribution in [3.8, 4) is 0 Å². The van der Waals surface area contributed by atoms with Crippen LogP contribution in [-0.2, 0) is 7.05 Å². The molecule has 2 heterocycles. The number of H-pyrrole nitrogens is 1. The van der Waals surface area contributed by atoms with Crippen molar-refractivity contribution in [2.75, 3.05) is 0 Å². The summed E-state index contributed by atoms with van der Waals surface area (Å²) in [4.78, 5) is 25.8. The quantitative estimate of drug-likeness (QED) is 0.731. The second-order valence-electron chi connectivity index (χ2n) is 3.37. The average molecular weight is 225 g/mol. The lowest BCUT2D eigenvalue weighted by Gasteiger charge is -2.07. The molecule has 1 N–H and O–H groups in total. The molecule has 0 unspecified atom stereocenters. The first-order valence-electron chi connectivity index (χ1n) is 4.40. The van der Waals surface area contributed by atoms with E-state index in [4.69, 9.17) is 11.6 Å². The number of aromatic nitrogens is 2. The second-order valence-corrected chi connectivity index (χ2v) is 3.75. The number of nitrogens with zero attached hydrogens (tertiary/aromatic N) is 1. The van der Waals surface area contributed by atoms with Crippen molar-refractivity contribution < 1.29 is 0 Å². The summed E-state index contributed by atoms with van der Waals surface area (Å²) in [7, 11) is 1.62. The van der Waals surface area contributed by atoms with Gasteiger partial charge in [-0.15, -0.1) is 0 Å². The molecule has 0 aliphatic rings. The zero-order chi connectivity index (χ0) is 11.2. The molecule has 2 aromatic heterocycles. The third-order valence-electron chi connectivity index (χ3n) is 2.47. The van der Waals surface area contributed by atoms with Crippen LogP contribution in [0.3, 0.4) is 0 Å². The van der Waals surface area contributed by atoms with Gasteiger partial charge >= 0.3 is 0 Å². The Morgan fingerprint density at radius 1 is 1.40 bits per heavy atom. The molecule has 2 rings (SSSR count). The van der Waals surface area contributed by atoms with Crippen LogP contribution in [0.4, 0.5) is 0 Å². The zero-order valence-electron chi connectivity index (χ0n) is 8.30. The molecular weight excluding hydrogens is 216 g/mol. The number of nitrogens with one attached hydrogen (secondary N) is 1. The molecule has 0 bridgehead atoms. The minimum absolute atomic E-state index is 0.182. The molecular formula is C10H9ClN2O2. The van der Waals surface area contributed by atoms with Gasteiger partial charge in [0.25, 0.3) is 11.1 Å². The number of hydrogen-bond donors (Lipinski definition) is 1. The minimum atomic E-state index is -0.281. The Morgan fingerprint density at radius 2 is 2.07 bits per heavy atom. The van der Waals surface area contributed by atoms with Crippen molar-refractivity contribution in [3.63, 3.8) is 0 Å². The van der Waals surface area contributed by atoms with Gasteiger partial charge < -0.3 is 9.55 Å². The predicted molar refractivity (Wildman–Crippen MR) is 59.6 cm³/mol. The molecule has 0 amide bonds. The number of aryl methyl sites for hydroxylation is 1. The normalized spacial score (nSPS) is 10.9. The predicted octanol–water partition coefficient (Wildman–Crippen LogP) is 1.19. The van der Waals surface area contributed by atoms with Gasteiger partial charge in [-0.3, -0.25) is 9.59 Å². The molecule has 15 heavy (non-hydrogen) atoms. The van der Waals surface area contributed by atoms with E-state index in [0.717, 1.165) is 0 Å². The van der Waals surface area contributed by atoms with Crippen molar-refractivity contribution in [2.45, 2.75) is 6.92 Å². The minimum Gasteiger partial charge on any atom is -0.328 e. The molecule has 4 nitrogen and oxygen atoms in total. The van der Waals surface area contributed by atoms with Gasteiger partial charge in [0.2, 0.25) is 0 Å². The lowest BCUT2D eigenvalue weighted by Crippen LogP contribution is -2.22. The van der Waals surface area contributed by atoms with Gasteiger partial charge in [-0.05, 0) is 13.0 Å². The fourth-order valence-corrected chi connectivity index (χ4v) is 1.87. The largest absolute Gasteiger partial charge is 0.328 e. The summed E-state index contributed by atoms with van der Waals surface area (Å²) in [6.45, 7) is 1.61. The maximum absolute atomic E-state index is 11.7. The highest BCUT2D eigenvalue weighted by Gasteiger charge is 2.12. The van der Waals surface area contributed by atoms with Crippen molar-refractivity contribution in [2.24, 2.45) is 7.05 Å². The standard InChI is InChI=1S/C10H9ClN2O2/c1-5-8(11)7-6(13(2)10(5)15)3-4-12-9(7)14/h3-4H,1-2H3,(H,12,14). The molecule has 0 aliphatic heterocycles. The molecule has 0 fully saturated rings. The van der Waals surface area contributed by atoms with Crippen molar-refractivity contribution in [1.29, 1.82) is 0 Å². The van der Waals surface area contributed by atoms with Gasteiger partial charge in [-0.1, -0.05) is 11.6 Å². The SMILES string of the molecule is Cc1c(Cl)c2c(=O)[nH]ccc2n(C)c1=O. The summed E-state index contributed by atoms with van der Waals surface area (Å²) in [5.74, 6) is 0. The first-order chi connectivity index (χ1) is 7.04. The maximum atomic E-state index is 11.7.